The molecule has 0 saturated heterocycles. The molecule has 0 amide bonds. The Hall–Kier alpha value is -0.600. The van der Waals surface area contributed by atoms with Crippen molar-refractivity contribution in [2.45, 2.75) is 34.2 Å². The summed E-state index contributed by atoms with van der Waals surface area (Å²) < 4.78 is 13.0. The minimum Gasteiger partial charge on any atom is -0.312 e. The minimum atomic E-state index is -0.241. The third-order valence-electron chi connectivity index (χ3n) is 3.25. The Morgan fingerprint density at radius 2 is 2.00 bits per heavy atom. The summed E-state index contributed by atoms with van der Waals surface area (Å²) in [5.74, 6) is 0.310. The van der Waals surface area contributed by atoms with Gasteiger partial charge in [-0.1, -0.05) is 39.3 Å². The van der Waals surface area contributed by atoms with Crippen molar-refractivity contribution in [3.8, 4) is 0 Å². The van der Waals surface area contributed by atoms with Crippen molar-refractivity contribution in [3.05, 3.63) is 34.6 Å². The van der Waals surface area contributed by atoms with Crippen LogP contribution in [0.25, 0.3) is 0 Å². The number of nitrogens with one attached hydrogen (secondary N) is 1. The van der Waals surface area contributed by atoms with Crippen molar-refractivity contribution in [1.29, 1.82) is 0 Å². The van der Waals surface area contributed by atoms with Crippen molar-refractivity contribution in [1.82, 2.24) is 5.32 Å². The van der Waals surface area contributed by atoms with E-state index in [0.29, 0.717) is 17.5 Å². The molecule has 17 heavy (non-hydrogen) atoms. The molecule has 1 atom stereocenters. The highest BCUT2D eigenvalue weighted by Gasteiger charge is 2.19. The predicted octanol–water partition coefficient (Wildman–Crippen LogP) is 4.25. The van der Waals surface area contributed by atoms with Gasteiger partial charge in [-0.3, -0.25) is 0 Å². The maximum atomic E-state index is 13.0. The largest absolute Gasteiger partial charge is 0.312 e. The van der Waals surface area contributed by atoms with Crippen LogP contribution < -0.4 is 5.32 Å². The SMILES string of the molecule is CC(CNCc1cc(F)ccc1Cl)C(C)(C)C. The molecule has 0 bridgehead atoms. The average molecular weight is 258 g/mol. The highest BCUT2D eigenvalue weighted by Crippen LogP contribution is 2.24. The second-order valence-electron chi connectivity index (χ2n) is 5.63. The van der Waals surface area contributed by atoms with Gasteiger partial charge in [-0.05, 0) is 41.6 Å². The van der Waals surface area contributed by atoms with E-state index in [2.05, 4.69) is 33.0 Å². The molecule has 1 N–H and O–H groups in total. The monoisotopic (exact) mass is 257 g/mol. The van der Waals surface area contributed by atoms with Crippen LogP contribution in [0, 0.1) is 17.2 Å². The molecule has 0 aromatic heterocycles. The van der Waals surface area contributed by atoms with E-state index in [4.69, 9.17) is 11.6 Å². The molecule has 0 aliphatic carbocycles. The zero-order valence-electron chi connectivity index (χ0n) is 11.0. The van der Waals surface area contributed by atoms with Crippen LogP contribution in [0.3, 0.4) is 0 Å². The quantitative estimate of drug-likeness (QED) is 0.850. The molecule has 1 nitrogen and oxygen atoms in total. The Labute approximate surface area is 108 Å². The average Bonchev–Trinajstić information content (AvgIpc) is 2.21. The third-order valence-corrected chi connectivity index (χ3v) is 3.62. The molecule has 0 heterocycles. The number of benzene rings is 1. The molecular formula is C14H21ClFN. The molecular weight excluding hydrogens is 237 g/mol. The van der Waals surface area contributed by atoms with Gasteiger partial charge < -0.3 is 5.32 Å². The summed E-state index contributed by atoms with van der Waals surface area (Å²) in [7, 11) is 0. The van der Waals surface area contributed by atoms with Gasteiger partial charge in [0.25, 0.3) is 0 Å². The lowest BCUT2D eigenvalue weighted by molar-refractivity contribution is 0.252. The summed E-state index contributed by atoms with van der Waals surface area (Å²) in [4.78, 5) is 0. The normalized spacial score (nSPS) is 13.8. The maximum absolute atomic E-state index is 13.0. The first-order valence-electron chi connectivity index (χ1n) is 5.95. The molecule has 0 radical (unpaired) electrons. The lowest BCUT2D eigenvalue weighted by Crippen LogP contribution is -2.29. The van der Waals surface area contributed by atoms with Crippen LogP contribution in [0.2, 0.25) is 5.02 Å². The van der Waals surface area contributed by atoms with Crippen molar-refractivity contribution in [2.75, 3.05) is 6.54 Å². The van der Waals surface area contributed by atoms with E-state index in [1.807, 2.05) is 0 Å². The van der Waals surface area contributed by atoms with Gasteiger partial charge in [0.15, 0.2) is 0 Å². The fourth-order valence-corrected chi connectivity index (χ4v) is 1.59. The van der Waals surface area contributed by atoms with Crippen LogP contribution in [-0.2, 0) is 6.54 Å². The summed E-state index contributed by atoms with van der Waals surface area (Å²) in [6.45, 7) is 10.4. The molecule has 1 unspecified atom stereocenters. The van der Waals surface area contributed by atoms with Gasteiger partial charge in [0, 0.05) is 11.6 Å². The van der Waals surface area contributed by atoms with Crippen molar-refractivity contribution < 1.29 is 4.39 Å². The van der Waals surface area contributed by atoms with Gasteiger partial charge >= 0.3 is 0 Å². The van der Waals surface area contributed by atoms with Crippen molar-refractivity contribution in [3.63, 3.8) is 0 Å². The lowest BCUT2D eigenvalue weighted by atomic mass is 9.82. The highest BCUT2D eigenvalue weighted by molar-refractivity contribution is 6.31. The molecule has 3 heteroatoms. The fraction of sp³-hybridized carbons (Fsp3) is 0.571. The van der Waals surface area contributed by atoms with E-state index in [-0.39, 0.29) is 11.2 Å². The summed E-state index contributed by atoms with van der Waals surface area (Å²) in [6.07, 6.45) is 0. The van der Waals surface area contributed by atoms with Crippen LogP contribution in [0.4, 0.5) is 4.39 Å². The van der Waals surface area contributed by atoms with Gasteiger partial charge in [0.1, 0.15) is 5.82 Å². The summed E-state index contributed by atoms with van der Waals surface area (Å²) in [5, 5.41) is 3.94. The Balaban J connectivity index is 2.49. The van der Waals surface area contributed by atoms with Gasteiger partial charge in [-0.2, -0.15) is 0 Å². The van der Waals surface area contributed by atoms with Gasteiger partial charge in [-0.25, -0.2) is 4.39 Å². The zero-order chi connectivity index (χ0) is 13.1. The maximum Gasteiger partial charge on any atom is 0.123 e. The molecule has 1 aromatic carbocycles. The first kappa shape index (κ1) is 14.5. The first-order chi connectivity index (χ1) is 7.80. The van der Waals surface area contributed by atoms with Crippen LogP contribution >= 0.6 is 11.6 Å². The van der Waals surface area contributed by atoms with E-state index >= 15 is 0 Å². The topological polar surface area (TPSA) is 12.0 Å². The number of hydrogen-bond donors (Lipinski definition) is 1. The molecule has 0 fully saturated rings. The predicted molar refractivity (Wildman–Crippen MR) is 71.7 cm³/mol. The Morgan fingerprint density at radius 1 is 1.35 bits per heavy atom. The molecule has 96 valence electrons. The molecule has 0 aliphatic rings. The van der Waals surface area contributed by atoms with Crippen LogP contribution in [0.5, 0.6) is 0 Å². The third kappa shape index (κ3) is 4.64. The van der Waals surface area contributed by atoms with Gasteiger partial charge in [-0.15, -0.1) is 0 Å². The first-order valence-corrected chi connectivity index (χ1v) is 6.33. The second-order valence-corrected chi connectivity index (χ2v) is 6.04. The Bertz CT molecular complexity index is 371. The summed E-state index contributed by atoms with van der Waals surface area (Å²) in [6, 6.07) is 4.46. The standard InChI is InChI=1S/C14H21ClFN/c1-10(14(2,3)4)8-17-9-11-7-12(16)5-6-13(11)15/h5-7,10,17H,8-9H2,1-4H3. The molecule has 0 aliphatic heterocycles. The highest BCUT2D eigenvalue weighted by atomic mass is 35.5. The molecule has 1 rings (SSSR count). The smallest absolute Gasteiger partial charge is 0.123 e. The number of rotatable bonds is 4. The van der Waals surface area contributed by atoms with Crippen molar-refractivity contribution >= 4 is 11.6 Å². The summed E-state index contributed by atoms with van der Waals surface area (Å²) >= 11 is 5.99. The van der Waals surface area contributed by atoms with Crippen molar-refractivity contribution in [2.24, 2.45) is 11.3 Å². The minimum absolute atomic E-state index is 0.241. The zero-order valence-corrected chi connectivity index (χ0v) is 11.7. The van der Waals surface area contributed by atoms with Crippen LogP contribution in [0.1, 0.15) is 33.3 Å². The van der Waals surface area contributed by atoms with Gasteiger partial charge in [0.05, 0.1) is 0 Å². The summed E-state index contributed by atoms with van der Waals surface area (Å²) in [5.41, 5.74) is 1.09. The Morgan fingerprint density at radius 3 is 2.59 bits per heavy atom. The molecule has 0 spiro atoms. The van der Waals surface area contributed by atoms with Crippen LogP contribution in [0.15, 0.2) is 18.2 Å². The number of halogens is 2. The molecule has 0 saturated carbocycles. The van der Waals surface area contributed by atoms with E-state index in [1.165, 1.54) is 12.1 Å². The van der Waals surface area contributed by atoms with E-state index in [9.17, 15) is 4.39 Å². The fourth-order valence-electron chi connectivity index (χ4n) is 1.41. The van der Waals surface area contributed by atoms with E-state index in [1.54, 1.807) is 6.07 Å². The lowest BCUT2D eigenvalue weighted by Gasteiger charge is -2.27. The van der Waals surface area contributed by atoms with E-state index < -0.39 is 0 Å². The van der Waals surface area contributed by atoms with Gasteiger partial charge in [0.2, 0.25) is 0 Å². The second kappa shape index (κ2) is 5.83. The number of hydrogen-bond acceptors (Lipinski definition) is 1. The van der Waals surface area contributed by atoms with Crippen LogP contribution in [-0.4, -0.2) is 6.54 Å². The van der Waals surface area contributed by atoms with E-state index in [0.717, 1.165) is 12.1 Å². The molecule has 1 aromatic rings. The Kier molecular flexibility index (Phi) is 4.96.